The Morgan fingerprint density at radius 1 is 1.00 bits per heavy atom. The molecule has 1 unspecified atom stereocenters. The summed E-state index contributed by atoms with van der Waals surface area (Å²) in [5.41, 5.74) is 9.62. The zero-order valence-electron chi connectivity index (χ0n) is 13.1. The fraction of sp³-hybridized carbons (Fsp3) is 0.100. The molecule has 1 aromatic heterocycles. The van der Waals surface area contributed by atoms with Crippen LogP contribution in [0, 0.1) is 11.3 Å². The maximum Gasteiger partial charge on any atom is 0.151 e. The highest BCUT2D eigenvalue weighted by Crippen LogP contribution is 2.23. The minimum atomic E-state index is -0.549. The molecule has 24 heavy (non-hydrogen) atoms. The van der Waals surface area contributed by atoms with Crippen molar-refractivity contribution in [1.29, 1.82) is 5.26 Å². The Morgan fingerprint density at radius 3 is 2.54 bits per heavy atom. The molecule has 0 aliphatic carbocycles. The monoisotopic (exact) mass is 315 g/mol. The van der Waals surface area contributed by atoms with E-state index in [2.05, 4.69) is 11.1 Å². The van der Waals surface area contributed by atoms with Crippen molar-refractivity contribution in [1.82, 2.24) is 4.98 Å². The van der Waals surface area contributed by atoms with Gasteiger partial charge in [-0.2, -0.15) is 5.26 Å². The minimum Gasteiger partial charge on any atom is -0.474 e. The van der Waals surface area contributed by atoms with Gasteiger partial charge in [-0.05, 0) is 23.3 Å². The van der Waals surface area contributed by atoms with Crippen molar-refractivity contribution in [3.05, 3.63) is 84.2 Å². The predicted octanol–water partition coefficient (Wildman–Crippen LogP) is 3.53. The van der Waals surface area contributed by atoms with Crippen molar-refractivity contribution in [2.75, 3.05) is 0 Å². The van der Waals surface area contributed by atoms with Crippen LogP contribution in [0.4, 0.5) is 0 Å². The van der Waals surface area contributed by atoms with Gasteiger partial charge < -0.3 is 4.74 Å². The van der Waals surface area contributed by atoms with E-state index in [0.717, 1.165) is 16.7 Å². The van der Waals surface area contributed by atoms with Gasteiger partial charge in [0.1, 0.15) is 5.75 Å². The van der Waals surface area contributed by atoms with Crippen LogP contribution in [0.25, 0.3) is 11.1 Å². The van der Waals surface area contributed by atoms with Crippen LogP contribution in [0.1, 0.15) is 11.1 Å². The van der Waals surface area contributed by atoms with E-state index in [9.17, 15) is 0 Å². The van der Waals surface area contributed by atoms with Crippen LogP contribution in [0.3, 0.4) is 0 Å². The molecule has 0 bridgehead atoms. The molecule has 4 heteroatoms. The zero-order chi connectivity index (χ0) is 16.8. The van der Waals surface area contributed by atoms with Gasteiger partial charge in [0.2, 0.25) is 0 Å². The van der Waals surface area contributed by atoms with Crippen molar-refractivity contribution < 1.29 is 4.74 Å². The highest BCUT2D eigenvalue weighted by molar-refractivity contribution is 5.63. The summed E-state index contributed by atoms with van der Waals surface area (Å²) in [6.45, 7) is 0. The van der Waals surface area contributed by atoms with Crippen LogP contribution in [-0.4, -0.2) is 11.2 Å². The first kappa shape index (κ1) is 15.7. The van der Waals surface area contributed by atoms with Gasteiger partial charge in [0.15, 0.2) is 6.23 Å². The molecule has 2 aromatic carbocycles. The molecule has 0 fully saturated rings. The zero-order valence-corrected chi connectivity index (χ0v) is 13.1. The lowest BCUT2D eigenvalue weighted by atomic mass is 10.1. The Balaban J connectivity index is 1.73. The number of pyridine rings is 1. The SMILES string of the molecule is N#Cc1ccccc1CC(N)Oc1cncc(-c2ccccc2)c1. The van der Waals surface area contributed by atoms with Crippen LogP contribution >= 0.6 is 0 Å². The van der Waals surface area contributed by atoms with E-state index in [1.54, 1.807) is 18.5 Å². The number of benzene rings is 2. The lowest BCUT2D eigenvalue weighted by Crippen LogP contribution is -2.30. The number of aromatic nitrogens is 1. The molecule has 0 aliphatic heterocycles. The van der Waals surface area contributed by atoms with E-state index in [0.29, 0.717) is 17.7 Å². The molecular formula is C20H17N3O. The molecule has 4 nitrogen and oxygen atoms in total. The number of rotatable bonds is 5. The van der Waals surface area contributed by atoms with Gasteiger partial charge in [-0.15, -0.1) is 0 Å². The van der Waals surface area contributed by atoms with Crippen molar-refractivity contribution in [3.63, 3.8) is 0 Å². The summed E-state index contributed by atoms with van der Waals surface area (Å²) < 4.78 is 5.79. The third-order valence-corrected chi connectivity index (χ3v) is 3.67. The number of nitrogens with zero attached hydrogens (tertiary/aromatic N) is 2. The van der Waals surface area contributed by atoms with E-state index < -0.39 is 6.23 Å². The molecule has 0 aliphatic rings. The van der Waals surface area contributed by atoms with Crippen molar-refractivity contribution >= 4 is 0 Å². The topological polar surface area (TPSA) is 71.9 Å². The second-order valence-corrected chi connectivity index (χ2v) is 5.40. The van der Waals surface area contributed by atoms with Crippen LogP contribution in [0.5, 0.6) is 5.75 Å². The summed E-state index contributed by atoms with van der Waals surface area (Å²) in [4.78, 5) is 4.22. The predicted molar refractivity (Wildman–Crippen MR) is 93.1 cm³/mol. The average molecular weight is 315 g/mol. The maximum absolute atomic E-state index is 9.14. The Bertz CT molecular complexity index is 856. The van der Waals surface area contributed by atoms with Crippen LogP contribution in [0.15, 0.2) is 73.1 Å². The molecule has 0 amide bonds. The molecule has 0 saturated carbocycles. The highest BCUT2D eigenvalue weighted by Gasteiger charge is 2.10. The van der Waals surface area contributed by atoms with Gasteiger partial charge in [0.05, 0.1) is 17.8 Å². The van der Waals surface area contributed by atoms with Crippen molar-refractivity contribution in [2.24, 2.45) is 5.73 Å². The largest absolute Gasteiger partial charge is 0.474 e. The Labute approximate surface area is 141 Å². The molecule has 0 radical (unpaired) electrons. The van der Waals surface area contributed by atoms with E-state index in [4.69, 9.17) is 15.7 Å². The molecule has 3 rings (SSSR count). The second kappa shape index (κ2) is 7.40. The molecule has 118 valence electrons. The number of hydrogen-bond donors (Lipinski definition) is 1. The molecule has 1 atom stereocenters. The summed E-state index contributed by atoms with van der Waals surface area (Å²) in [5.74, 6) is 0.610. The third-order valence-electron chi connectivity index (χ3n) is 3.67. The summed E-state index contributed by atoms with van der Waals surface area (Å²) in [5, 5.41) is 9.14. The molecule has 2 N–H and O–H groups in total. The highest BCUT2D eigenvalue weighted by atomic mass is 16.5. The van der Waals surface area contributed by atoms with Gasteiger partial charge in [0.25, 0.3) is 0 Å². The average Bonchev–Trinajstić information content (AvgIpc) is 2.63. The van der Waals surface area contributed by atoms with Gasteiger partial charge in [-0.25, -0.2) is 0 Å². The summed E-state index contributed by atoms with van der Waals surface area (Å²) >= 11 is 0. The Morgan fingerprint density at radius 2 is 1.75 bits per heavy atom. The van der Waals surface area contributed by atoms with E-state index in [1.807, 2.05) is 54.6 Å². The van der Waals surface area contributed by atoms with Crippen LogP contribution in [-0.2, 0) is 6.42 Å². The fourth-order valence-electron chi connectivity index (χ4n) is 2.51. The van der Waals surface area contributed by atoms with Gasteiger partial charge in [0, 0.05) is 18.2 Å². The van der Waals surface area contributed by atoms with E-state index in [1.165, 1.54) is 0 Å². The number of nitrogens with two attached hydrogens (primary N) is 1. The normalized spacial score (nSPS) is 11.5. The van der Waals surface area contributed by atoms with Crippen molar-refractivity contribution in [2.45, 2.75) is 12.6 Å². The molecule has 0 spiro atoms. The molecule has 0 saturated heterocycles. The first-order valence-corrected chi connectivity index (χ1v) is 7.67. The maximum atomic E-state index is 9.14. The van der Waals surface area contributed by atoms with Crippen LogP contribution in [0.2, 0.25) is 0 Å². The second-order valence-electron chi connectivity index (χ2n) is 5.40. The number of ether oxygens (including phenoxy) is 1. The van der Waals surface area contributed by atoms with E-state index >= 15 is 0 Å². The van der Waals surface area contributed by atoms with Crippen LogP contribution < -0.4 is 10.5 Å². The first-order chi connectivity index (χ1) is 11.8. The Hall–Kier alpha value is -3.16. The molecular weight excluding hydrogens is 298 g/mol. The number of nitriles is 1. The quantitative estimate of drug-likeness (QED) is 0.731. The molecule has 3 aromatic rings. The smallest absolute Gasteiger partial charge is 0.151 e. The summed E-state index contributed by atoms with van der Waals surface area (Å²) in [7, 11) is 0. The number of hydrogen-bond acceptors (Lipinski definition) is 4. The van der Waals surface area contributed by atoms with Gasteiger partial charge in [-0.3, -0.25) is 10.7 Å². The lowest BCUT2D eigenvalue weighted by Gasteiger charge is -2.15. The molecule has 1 heterocycles. The summed E-state index contributed by atoms with van der Waals surface area (Å²) in [6, 6.07) is 21.4. The Kier molecular flexibility index (Phi) is 4.85. The third kappa shape index (κ3) is 3.78. The lowest BCUT2D eigenvalue weighted by molar-refractivity contribution is 0.209. The van der Waals surface area contributed by atoms with E-state index in [-0.39, 0.29) is 0 Å². The minimum absolute atomic E-state index is 0.458. The fourth-order valence-corrected chi connectivity index (χ4v) is 2.51. The standard InChI is InChI=1S/C20H17N3O/c21-12-17-9-5-4-8-16(17)11-20(22)24-19-10-18(13-23-14-19)15-6-2-1-3-7-15/h1-10,13-14,20H,11,22H2. The van der Waals surface area contributed by atoms with Gasteiger partial charge in [-0.1, -0.05) is 48.5 Å². The summed E-state index contributed by atoms with van der Waals surface area (Å²) in [6.07, 6.45) is 3.34. The van der Waals surface area contributed by atoms with Crippen molar-refractivity contribution in [3.8, 4) is 22.9 Å². The first-order valence-electron chi connectivity index (χ1n) is 7.67. The van der Waals surface area contributed by atoms with Gasteiger partial charge >= 0.3 is 0 Å².